The van der Waals surface area contributed by atoms with E-state index >= 15 is 0 Å². The molecule has 0 radical (unpaired) electrons. The molecule has 118 valence electrons. The van der Waals surface area contributed by atoms with E-state index in [1.165, 1.54) is 11.3 Å². The van der Waals surface area contributed by atoms with Crippen molar-refractivity contribution in [2.24, 2.45) is 0 Å². The summed E-state index contributed by atoms with van der Waals surface area (Å²) in [7, 11) is 0. The Morgan fingerprint density at radius 2 is 2.05 bits per heavy atom. The van der Waals surface area contributed by atoms with Gasteiger partial charge in [-0.1, -0.05) is 40.9 Å². The van der Waals surface area contributed by atoms with E-state index in [-0.39, 0.29) is 18.1 Å². The second-order valence-corrected chi connectivity index (χ2v) is 8.57. The predicted octanol–water partition coefficient (Wildman–Crippen LogP) is 1.87. The summed E-state index contributed by atoms with van der Waals surface area (Å²) >= 11 is 19.6. The maximum atomic E-state index is 12.2. The first kappa shape index (κ1) is 17.3. The molecular formula is C13H18Cl3N2O2S+. The molecule has 1 amide bonds. The van der Waals surface area contributed by atoms with Crippen molar-refractivity contribution in [1.29, 1.82) is 0 Å². The molecule has 8 heteroatoms. The normalized spacial score (nSPS) is 28.1. The highest BCUT2D eigenvalue weighted by Gasteiger charge is 2.45. The summed E-state index contributed by atoms with van der Waals surface area (Å²) in [5.74, 6) is -0.222. The topological polar surface area (TPSA) is 42.8 Å². The Labute approximate surface area is 143 Å². The fourth-order valence-electron chi connectivity index (χ4n) is 2.58. The summed E-state index contributed by atoms with van der Waals surface area (Å²) in [4.78, 5) is 13.9. The number of carbonyl (C=O) groups is 1. The highest BCUT2D eigenvalue weighted by molar-refractivity contribution is 7.12. The molecule has 0 aliphatic carbocycles. The van der Waals surface area contributed by atoms with E-state index in [1.54, 1.807) is 6.07 Å². The van der Waals surface area contributed by atoms with Crippen LogP contribution in [0, 0.1) is 0 Å². The second-order valence-electron chi connectivity index (χ2n) is 5.25. The minimum atomic E-state index is -1.58. The van der Waals surface area contributed by atoms with Crippen LogP contribution in [0.3, 0.4) is 0 Å². The number of hydrogen-bond donors (Lipinski definition) is 2. The van der Waals surface area contributed by atoms with Crippen molar-refractivity contribution >= 4 is 52.0 Å². The molecule has 0 aromatic carbocycles. The van der Waals surface area contributed by atoms with Gasteiger partial charge in [0.05, 0.1) is 4.88 Å². The lowest BCUT2D eigenvalue weighted by molar-refractivity contribution is -0.941. The molecule has 0 unspecified atom stereocenters. The van der Waals surface area contributed by atoms with Gasteiger partial charge in [-0.3, -0.25) is 10.1 Å². The minimum absolute atomic E-state index is 0.0530. The molecule has 21 heavy (non-hydrogen) atoms. The Hall–Kier alpha value is -0.0400. The van der Waals surface area contributed by atoms with Crippen LogP contribution < -0.4 is 10.2 Å². The fourth-order valence-corrected chi connectivity index (χ4v) is 3.83. The molecular weight excluding hydrogens is 355 g/mol. The molecule has 1 saturated heterocycles. The summed E-state index contributed by atoms with van der Waals surface area (Å²) in [6, 6.07) is 3.56. The second kappa shape index (κ2) is 7.02. The van der Waals surface area contributed by atoms with E-state index in [0.29, 0.717) is 18.0 Å². The van der Waals surface area contributed by atoms with Crippen LogP contribution in [-0.2, 0) is 4.74 Å². The van der Waals surface area contributed by atoms with Gasteiger partial charge in [0.2, 0.25) is 6.17 Å². The summed E-state index contributed by atoms with van der Waals surface area (Å²) in [6.45, 7) is 5.31. The molecule has 0 bridgehead atoms. The van der Waals surface area contributed by atoms with Gasteiger partial charge in [0.25, 0.3) is 9.70 Å². The number of amides is 1. The number of quaternary nitrogens is 1. The van der Waals surface area contributed by atoms with E-state index in [9.17, 15) is 4.79 Å². The van der Waals surface area contributed by atoms with Crippen LogP contribution in [0.2, 0.25) is 0 Å². The Morgan fingerprint density at radius 3 is 2.52 bits per heavy atom. The molecule has 1 aromatic heterocycles. The molecule has 0 saturated carbocycles. The molecule has 2 N–H and O–H groups in total. The number of morpholine rings is 1. The molecule has 4 nitrogen and oxygen atoms in total. The molecule has 3 atom stereocenters. The molecule has 1 aliphatic heterocycles. The Balaban J connectivity index is 2.13. The van der Waals surface area contributed by atoms with Crippen LogP contribution >= 0.6 is 46.1 Å². The van der Waals surface area contributed by atoms with Gasteiger partial charge >= 0.3 is 0 Å². The van der Waals surface area contributed by atoms with Gasteiger partial charge in [-0.2, -0.15) is 0 Å². The number of nitrogens with one attached hydrogen (secondary N) is 2. The lowest BCUT2D eigenvalue weighted by Gasteiger charge is -2.39. The zero-order chi connectivity index (χ0) is 15.6. The van der Waals surface area contributed by atoms with E-state index < -0.39 is 9.96 Å². The number of rotatable bonds is 3. The van der Waals surface area contributed by atoms with E-state index in [0.717, 1.165) is 4.90 Å². The van der Waals surface area contributed by atoms with Gasteiger partial charge < -0.3 is 9.64 Å². The first-order chi connectivity index (χ1) is 9.77. The lowest BCUT2D eigenvalue weighted by atomic mass is 10.2. The van der Waals surface area contributed by atoms with Gasteiger partial charge in [0.1, 0.15) is 25.3 Å². The number of thiophene rings is 1. The zero-order valence-electron chi connectivity index (χ0n) is 11.7. The van der Waals surface area contributed by atoms with Crippen LogP contribution in [0.1, 0.15) is 23.5 Å². The van der Waals surface area contributed by atoms with Crippen molar-refractivity contribution in [1.82, 2.24) is 5.32 Å². The van der Waals surface area contributed by atoms with Crippen LogP contribution in [0.25, 0.3) is 0 Å². The maximum absolute atomic E-state index is 12.2. The monoisotopic (exact) mass is 371 g/mol. The van der Waals surface area contributed by atoms with Crippen molar-refractivity contribution in [3.05, 3.63) is 22.4 Å². The Bertz CT molecular complexity index is 468. The van der Waals surface area contributed by atoms with Crippen LogP contribution in [0.15, 0.2) is 17.5 Å². The number of carbonyl (C=O) groups excluding carboxylic acids is 1. The largest absolute Gasteiger partial charge is 0.364 e. The van der Waals surface area contributed by atoms with Crippen molar-refractivity contribution in [3.8, 4) is 0 Å². The average molecular weight is 373 g/mol. The zero-order valence-corrected chi connectivity index (χ0v) is 14.8. The van der Waals surface area contributed by atoms with Crippen LogP contribution in [-0.4, -0.2) is 41.2 Å². The summed E-state index contributed by atoms with van der Waals surface area (Å²) in [6.07, 6.45) is -0.514. The molecule has 2 rings (SSSR count). The van der Waals surface area contributed by atoms with E-state index in [2.05, 4.69) is 5.32 Å². The van der Waals surface area contributed by atoms with E-state index in [4.69, 9.17) is 39.5 Å². The number of hydrogen-bond acceptors (Lipinski definition) is 3. The van der Waals surface area contributed by atoms with Gasteiger partial charge in [-0.15, -0.1) is 11.3 Å². The van der Waals surface area contributed by atoms with Crippen molar-refractivity contribution < 1.29 is 14.4 Å². The van der Waals surface area contributed by atoms with Gasteiger partial charge in [-0.05, 0) is 25.3 Å². The third-order valence-electron chi connectivity index (χ3n) is 3.32. The quantitative estimate of drug-likeness (QED) is 0.796. The Morgan fingerprint density at radius 1 is 1.43 bits per heavy atom. The minimum Gasteiger partial charge on any atom is -0.364 e. The number of alkyl halides is 3. The van der Waals surface area contributed by atoms with Gasteiger partial charge in [0.15, 0.2) is 0 Å². The smallest absolute Gasteiger partial charge is 0.265 e. The van der Waals surface area contributed by atoms with Gasteiger partial charge in [-0.25, -0.2) is 0 Å². The number of ether oxygens (including phenoxy) is 1. The highest BCUT2D eigenvalue weighted by Crippen LogP contribution is 2.28. The number of halogens is 3. The van der Waals surface area contributed by atoms with Crippen LogP contribution in [0.5, 0.6) is 0 Å². The fraction of sp³-hybridized carbons (Fsp3) is 0.615. The van der Waals surface area contributed by atoms with Crippen LogP contribution in [0.4, 0.5) is 0 Å². The molecule has 2 heterocycles. The Kier molecular flexibility index (Phi) is 5.79. The summed E-state index contributed by atoms with van der Waals surface area (Å²) < 4.78 is 4.11. The van der Waals surface area contributed by atoms with Crippen molar-refractivity contribution in [3.63, 3.8) is 0 Å². The highest BCUT2D eigenvalue weighted by atomic mass is 35.6. The van der Waals surface area contributed by atoms with E-state index in [1.807, 2.05) is 25.3 Å². The SMILES string of the molecule is C[C@H]1C[NH+]([C@H](NC(=O)c2cccs2)C(Cl)(Cl)Cl)C[C@H](C)O1. The van der Waals surface area contributed by atoms with Gasteiger partial charge in [0, 0.05) is 0 Å². The standard InChI is InChI=1S/C13H17Cl3N2O2S/c1-8-6-18(7-9(2)20-8)12(13(14,15)16)17-11(19)10-4-3-5-21-10/h3-5,8-9,12H,6-7H2,1-2H3,(H,17,19)/p+1/t8-,9-,12-/m0/s1. The summed E-state index contributed by atoms with van der Waals surface area (Å²) in [5.41, 5.74) is 0. The lowest BCUT2D eigenvalue weighted by Crippen LogP contribution is -3.22. The molecule has 1 fully saturated rings. The molecule has 1 aliphatic rings. The third kappa shape index (κ3) is 4.71. The first-order valence-electron chi connectivity index (χ1n) is 6.68. The third-order valence-corrected chi connectivity index (χ3v) is 4.84. The molecule has 1 aromatic rings. The first-order valence-corrected chi connectivity index (χ1v) is 8.70. The van der Waals surface area contributed by atoms with Crippen molar-refractivity contribution in [2.45, 2.75) is 36.0 Å². The summed E-state index contributed by atoms with van der Waals surface area (Å²) in [5, 5.41) is 4.69. The van der Waals surface area contributed by atoms with Crippen molar-refractivity contribution in [2.75, 3.05) is 13.1 Å². The molecule has 0 spiro atoms. The predicted molar refractivity (Wildman–Crippen MR) is 86.6 cm³/mol. The average Bonchev–Trinajstić information content (AvgIpc) is 2.86. The maximum Gasteiger partial charge on any atom is 0.265 e.